The molecule has 0 N–H and O–H groups in total. The first-order valence-corrected chi connectivity index (χ1v) is 10.6. The summed E-state index contributed by atoms with van der Waals surface area (Å²) in [5.41, 5.74) is 5.43. The van der Waals surface area contributed by atoms with Gasteiger partial charge in [-0.2, -0.15) is 0 Å². The Labute approximate surface area is 168 Å². The highest BCUT2D eigenvalue weighted by atomic mass is 32.1. The number of furan rings is 1. The van der Waals surface area contributed by atoms with Crippen molar-refractivity contribution in [2.24, 2.45) is 5.41 Å². The molecule has 28 heavy (non-hydrogen) atoms. The van der Waals surface area contributed by atoms with Gasteiger partial charge in [-0.3, -0.25) is 4.98 Å². The van der Waals surface area contributed by atoms with Crippen molar-refractivity contribution in [1.29, 1.82) is 0 Å². The van der Waals surface area contributed by atoms with Gasteiger partial charge in [-0.05, 0) is 58.7 Å². The second-order valence-electron chi connectivity index (χ2n) is 8.62. The number of hydrogen-bond donors (Lipinski definition) is 0. The SMILES string of the molecule is CC(c1ccnc(-c2cccc3c2oc2c4ccsc4ccc32)c1)C(C)(C)C. The number of hydrogen-bond acceptors (Lipinski definition) is 3. The smallest absolute Gasteiger partial charge is 0.144 e. The van der Waals surface area contributed by atoms with Crippen molar-refractivity contribution < 1.29 is 4.42 Å². The zero-order valence-electron chi connectivity index (χ0n) is 16.6. The molecule has 3 heteroatoms. The number of pyridine rings is 1. The predicted octanol–water partition coefficient (Wildman–Crippen LogP) is 8.01. The third-order valence-corrected chi connectivity index (χ3v) is 6.84. The van der Waals surface area contributed by atoms with Crippen LogP contribution in [0.15, 0.2) is 64.5 Å². The van der Waals surface area contributed by atoms with Crippen LogP contribution in [0.2, 0.25) is 0 Å². The molecule has 140 valence electrons. The van der Waals surface area contributed by atoms with Crippen LogP contribution in [0.3, 0.4) is 0 Å². The zero-order chi connectivity index (χ0) is 19.5. The first-order chi connectivity index (χ1) is 13.4. The van der Waals surface area contributed by atoms with E-state index in [-0.39, 0.29) is 5.41 Å². The first kappa shape index (κ1) is 17.4. The van der Waals surface area contributed by atoms with Gasteiger partial charge in [0, 0.05) is 32.6 Å². The highest BCUT2D eigenvalue weighted by Gasteiger charge is 2.22. The Morgan fingerprint density at radius 2 is 1.75 bits per heavy atom. The van der Waals surface area contributed by atoms with E-state index in [4.69, 9.17) is 4.42 Å². The number of aromatic nitrogens is 1. The maximum atomic E-state index is 6.44. The van der Waals surface area contributed by atoms with E-state index in [1.807, 2.05) is 6.20 Å². The van der Waals surface area contributed by atoms with Crippen LogP contribution in [-0.2, 0) is 0 Å². The molecule has 2 aromatic carbocycles. The molecule has 0 fully saturated rings. The average Bonchev–Trinajstić information content (AvgIpc) is 3.30. The average molecular weight is 386 g/mol. The van der Waals surface area contributed by atoms with Crippen molar-refractivity contribution in [2.45, 2.75) is 33.6 Å². The largest absolute Gasteiger partial charge is 0.455 e. The highest BCUT2D eigenvalue weighted by molar-refractivity contribution is 7.17. The fourth-order valence-corrected chi connectivity index (χ4v) is 4.65. The number of benzene rings is 2. The summed E-state index contributed by atoms with van der Waals surface area (Å²) in [6.07, 6.45) is 1.92. The highest BCUT2D eigenvalue weighted by Crippen LogP contribution is 2.40. The minimum absolute atomic E-state index is 0.203. The molecular weight excluding hydrogens is 362 g/mol. The molecule has 0 bridgehead atoms. The summed E-state index contributed by atoms with van der Waals surface area (Å²) in [5, 5.41) is 5.63. The summed E-state index contributed by atoms with van der Waals surface area (Å²) < 4.78 is 7.70. The lowest BCUT2D eigenvalue weighted by atomic mass is 9.78. The van der Waals surface area contributed by atoms with Gasteiger partial charge in [-0.25, -0.2) is 0 Å². The van der Waals surface area contributed by atoms with E-state index < -0.39 is 0 Å². The van der Waals surface area contributed by atoms with Crippen molar-refractivity contribution in [1.82, 2.24) is 4.98 Å². The zero-order valence-corrected chi connectivity index (χ0v) is 17.4. The summed E-state index contributed by atoms with van der Waals surface area (Å²) in [4.78, 5) is 4.69. The Morgan fingerprint density at radius 1 is 0.929 bits per heavy atom. The lowest BCUT2D eigenvalue weighted by molar-refractivity contribution is 0.339. The normalized spacial score (nSPS) is 13.6. The molecule has 5 aromatic rings. The lowest BCUT2D eigenvalue weighted by Gasteiger charge is -2.27. The van der Waals surface area contributed by atoms with Crippen molar-refractivity contribution >= 4 is 43.4 Å². The molecule has 3 heterocycles. The van der Waals surface area contributed by atoms with Crippen LogP contribution in [0.5, 0.6) is 0 Å². The number of thiophene rings is 1. The Balaban J connectivity index is 1.75. The second kappa shape index (κ2) is 6.18. The maximum absolute atomic E-state index is 6.44. The number of fused-ring (bicyclic) bond motifs is 5. The summed E-state index contributed by atoms with van der Waals surface area (Å²) in [6.45, 7) is 9.13. The topological polar surface area (TPSA) is 26.0 Å². The molecule has 0 aliphatic heterocycles. The molecule has 0 saturated carbocycles. The van der Waals surface area contributed by atoms with Crippen LogP contribution < -0.4 is 0 Å². The van der Waals surface area contributed by atoms with E-state index in [2.05, 4.69) is 86.6 Å². The molecule has 0 saturated heterocycles. The van der Waals surface area contributed by atoms with E-state index in [0.29, 0.717) is 5.92 Å². The molecule has 0 amide bonds. The molecule has 1 atom stereocenters. The van der Waals surface area contributed by atoms with Gasteiger partial charge in [-0.15, -0.1) is 11.3 Å². The number of para-hydroxylation sites is 1. The molecule has 3 aromatic heterocycles. The lowest BCUT2D eigenvalue weighted by Crippen LogP contribution is -2.15. The Bertz CT molecular complexity index is 1320. The van der Waals surface area contributed by atoms with Gasteiger partial charge < -0.3 is 4.42 Å². The maximum Gasteiger partial charge on any atom is 0.144 e. The van der Waals surface area contributed by atoms with Crippen LogP contribution in [0.25, 0.3) is 43.3 Å². The molecule has 0 spiro atoms. The predicted molar refractivity (Wildman–Crippen MR) is 120 cm³/mol. The van der Waals surface area contributed by atoms with Gasteiger partial charge in [0.15, 0.2) is 0 Å². The summed E-state index contributed by atoms with van der Waals surface area (Å²) in [7, 11) is 0. The summed E-state index contributed by atoms with van der Waals surface area (Å²) in [6, 6.07) is 17.2. The van der Waals surface area contributed by atoms with Crippen LogP contribution >= 0.6 is 11.3 Å². The quantitative estimate of drug-likeness (QED) is 0.307. The van der Waals surface area contributed by atoms with Crippen LogP contribution in [0.1, 0.15) is 39.2 Å². The Kier molecular flexibility index (Phi) is 3.85. The standard InChI is InChI=1S/C25H23NOS/c1-15(25(2,3)4)16-10-12-26-21(14-16)19-7-5-6-17-18-8-9-22-20(11-13-28-22)24(18)27-23(17)19/h5-15H,1-4H3. The van der Waals surface area contributed by atoms with Crippen molar-refractivity contribution in [3.63, 3.8) is 0 Å². The van der Waals surface area contributed by atoms with E-state index in [1.54, 1.807) is 11.3 Å². The fraction of sp³-hybridized carbons (Fsp3) is 0.240. The molecule has 5 rings (SSSR count). The summed E-state index contributed by atoms with van der Waals surface area (Å²) in [5.74, 6) is 0.439. The van der Waals surface area contributed by atoms with Crippen molar-refractivity contribution in [3.8, 4) is 11.3 Å². The van der Waals surface area contributed by atoms with Crippen LogP contribution in [0.4, 0.5) is 0 Å². The Hall–Kier alpha value is -2.65. The van der Waals surface area contributed by atoms with Crippen LogP contribution in [-0.4, -0.2) is 4.98 Å². The number of rotatable bonds is 2. The van der Waals surface area contributed by atoms with Gasteiger partial charge in [0.2, 0.25) is 0 Å². The first-order valence-electron chi connectivity index (χ1n) is 9.71. The van der Waals surface area contributed by atoms with Gasteiger partial charge in [0.25, 0.3) is 0 Å². The minimum atomic E-state index is 0.203. The van der Waals surface area contributed by atoms with Gasteiger partial charge in [-0.1, -0.05) is 39.8 Å². The third kappa shape index (κ3) is 2.65. The van der Waals surface area contributed by atoms with E-state index >= 15 is 0 Å². The fourth-order valence-electron chi connectivity index (χ4n) is 3.87. The van der Waals surface area contributed by atoms with Crippen LogP contribution in [0, 0.1) is 5.41 Å². The van der Waals surface area contributed by atoms with Gasteiger partial charge >= 0.3 is 0 Å². The second-order valence-corrected chi connectivity index (χ2v) is 9.57. The molecule has 2 nitrogen and oxygen atoms in total. The van der Waals surface area contributed by atoms with Crippen molar-refractivity contribution in [3.05, 3.63) is 65.7 Å². The number of nitrogens with zero attached hydrogens (tertiary/aromatic N) is 1. The van der Waals surface area contributed by atoms with Crippen molar-refractivity contribution in [2.75, 3.05) is 0 Å². The van der Waals surface area contributed by atoms with Gasteiger partial charge in [0.05, 0.1) is 5.69 Å². The van der Waals surface area contributed by atoms with E-state index in [1.165, 1.54) is 21.0 Å². The van der Waals surface area contributed by atoms with Gasteiger partial charge in [0.1, 0.15) is 11.2 Å². The monoisotopic (exact) mass is 385 g/mol. The van der Waals surface area contributed by atoms with E-state index in [0.717, 1.165) is 27.8 Å². The molecule has 0 aliphatic rings. The third-order valence-electron chi connectivity index (χ3n) is 5.95. The molecule has 0 radical (unpaired) electrons. The Morgan fingerprint density at radius 3 is 2.57 bits per heavy atom. The van der Waals surface area contributed by atoms with E-state index in [9.17, 15) is 0 Å². The minimum Gasteiger partial charge on any atom is -0.455 e. The molecule has 1 unspecified atom stereocenters. The summed E-state index contributed by atoms with van der Waals surface area (Å²) >= 11 is 1.75. The molecular formula is C25H23NOS. The molecule has 0 aliphatic carbocycles.